The van der Waals surface area contributed by atoms with Gasteiger partial charge in [0.1, 0.15) is 0 Å². The zero-order valence-electron chi connectivity index (χ0n) is 4.39. The Balaban J connectivity index is -0.0000000160. The summed E-state index contributed by atoms with van der Waals surface area (Å²) in [5.41, 5.74) is 0. The van der Waals surface area contributed by atoms with Gasteiger partial charge < -0.3 is 15.3 Å². The minimum absolute atomic E-state index is 0. The first-order chi connectivity index (χ1) is 2.83. The predicted molar refractivity (Wildman–Crippen MR) is 0 cm³/mol. The van der Waals surface area contributed by atoms with Gasteiger partial charge >= 0.3 is 59.1 Å². The van der Waals surface area contributed by atoms with E-state index in [1.165, 1.54) is 0 Å². The van der Waals surface area contributed by atoms with E-state index in [0.717, 1.165) is 0 Å². The number of halogens is 2. The number of hydrogen-bond donors (Lipinski definition) is 0. The van der Waals surface area contributed by atoms with Gasteiger partial charge in [0.05, 0.1) is 0 Å². The van der Waals surface area contributed by atoms with Gasteiger partial charge in [-0.2, -0.15) is 0 Å². The zero-order valence-corrected chi connectivity index (χ0v) is 12.1. The Hall–Kier alpha value is 3.05. The fraction of sp³-hybridized carbons (Fsp3) is 0. The molecule has 0 atom stereocenters. The Bertz CT molecular complexity index is 16.0. The largest absolute Gasteiger partial charge is 1.00 e. The monoisotopic (exact) mass is 316 g/mol. The maximum atomic E-state index is 8.48. The van der Waals surface area contributed by atoms with E-state index in [4.69, 9.17) is 15.3 Å². The second kappa shape index (κ2) is 32.3. The van der Waals surface area contributed by atoms with Crippen LogP contribution in [-0.2, 0) is 0 Å². The summed E-state index contributed by atoms with van der Waals surface area (Å²) >= 11 is -3.35. The summed E-state index contributed by atoms with van der Waals surface area (Å²) in [5, 5.41) is 0. The van der Waals surface area contributed by atoms with Crippen LogP contribution in [0.3, 0.4) is 0 Å². The van der Waals surface area contributed by atoms with Gasteiger partial charge in [-0.3, -0.25) is 0 Å². The second-order valence-corrected chi connectivity index (χ2v) is 0.750. The Kier molecular flexibility index (Phi) is 90.6. The molecule has 0 saturated carbocycles. The SMILES string of the molecule is [Na+].[Na+].[O-][Br+][O-].[O-][I+][O-]. The molecule has 0 aromatic heterocycles. The Morgan fingerprint density at radius 1 is 1.00 bits per heavy atom. The summed E-state index contributed by atoms with van der Waals surface area (Å²) in [7, 11) is 0. The van der Waals surface area contributed by atoms with Crippen molar-refractivity contribution < 1.29 is 112 Å². The van der Waals surface area contributed by atoms with Gasteiger partial charge in [-0.05, 0) is 0 Å². The van der Waals surface area contributed by atoms with Crippen molar-refractivity contribution in [3.05, 3.63) is 0 Å². The molecule has 8 heteroatoms. The second-order valence-electron chi connectivity index (χ2n) is 0.126. The van der Waals surface area contributed by atoms with Crippen LogP contribution in [0.4, 0.5) is 0 Å². The third-order valence-corrected chi connectivity index (χ3v) is 0. The summed E-state index contributed by atoms with van der Waals surface area (Å²) < 4.78 is 33.8. The van der Waals surface area contributed by atoms with Gasteiger partial charge in [-0.1, -0.05) is 0 Å². The van der Waals surface area contributed by atoms with Crippen molar-refractivity contribution in [2.24, 2.45) is 0 Å². The van der Waals surface area contributed by atoms with Crippen LogP contribution in [0.1, 0.15) is 0 Å². The van der Waals surface area contributed by atoms with Crippen LogP contribution < -0.4 is 96.4 Å². The van der Waals surface area contributed by atoms with E-state index in [0.29, 0.717) is 0 Å². The van der Waals surface area contributed by atoms with E-state index in [2.05, 4.69) is 0 Å². The molecule has 0 fully saturated rings. The molecule has 0 spiro atoms. The van der Waals surface area contributed by atoms with Gasteiger partial charge in [0.2, 0.25) is 0 Å². The van der Waals surface area contributed by atoms with Crippen molar-refractivity contribution >= 4 is 0 Å². The Morgan fingerprint density at radius 2 is 1.00 bits per heavy atom. The molecular weight excluding hydrogens is 317 g/mol. The molecule has 4 nitrogen and oxygen atoms in total. The maximum Gasteiger partial charge on any atom is 1.00 e. The van der Waals surface area contributed by atoms with E-state index < -0.39 is 37.6 Å². The van der Waals surface area contributed by atoms with E-state index in [9.17, 15) is 0 Å². The maximum absolute atomic E-state index is 8.48. The molecule has 0 aromatic carbocycles. The third-order valence-electron chi connectivity index (χ3n) is 0. The fourth-order valence-electron chi connectivity index (χ4n) is 0. The molecule has 0 amide bonds. The predicted octanol–water partition coefficient (Wildman–Crippen LogP) is -13.7. The molecule has 0 radical (unpaired) electrons. The number of hydrogen-bond acceptors (Lipinski definition) is 4. The van der Waals surface area contributed by atoms with Gasteiger partial charge in [0.25, 0.3) is 0 Å². The molecule has 0 heterocycles. The van der Waals surface area contributed by atoms with Crippen molar-refractivity contribution in [2.45, 2.75) is 0 Å². The van der Waals surface area contributed by atoms with Crippen LogP contribution in [0.2, 0.25) is 0 Å². The van der Waals surface area contributed by atoms with Gasteiger partial charge in [0, 0.05) is 0 Å². The van der Waals surface area contributed by atoms with Crippen LogP contribution in [0, 0.1) is 15.5 Å². The molecule has 40 valence electrons. The van der Waals surface area contributed by atoms with Crippen molar-refractivity contribution in [3.8, 4) is 0 Å². The third kappa shape index (κ3) is 63.0. The van der Waals surface area contributed by atoms with Crippen LogP contribution in [-0.4, -0.2) is 0 Å². The molecule has 0 N–H and O–H groups in total. The van der Waals surface area contributed by atoms with Crippen LogP contribution in [0.15, 0.2) is 0 Å². The fourth-order valence-corrected chi connectivity index (χ4v) is 0. The summed E-state index contributed by atoms with van der Waals surface area (Å²) in [6.45, 7) is 0. The quantitative estimate of drug-likeness (QED) is 0.328. The molecule has 0 unspecified atom stereocenters. The topological polar surface area (TPSA) is 92.2 Å². The summed E-state index contributed by atoms with van der Waals surface area (Å²) in [6, 6.07) is 0. The van der Waals surface area contributed by atoms with Crippen molar-refractivity contribution in [3.63, 3.8) is 0 Å². The zero-order chi connectivity index (χ0) is 5.41. The minimum Gasteiger partial charge on any atom is -0.599 e. The molecule has 0 aliphatic heterocycles. The van der Waals surface area contributed by atoms with Gasteiger partial charge in [-0.25, -0.2) is 0 Å². The Morgan fingerprint density at radius 3 is 1.00 bits per heavy atom. The van der Waals surface area contributed by atoms with E-state index in [1.54, 1.807) is 0 Å². The summed E-state index contributed by atoms with van der Waals surface area (Å²) in [5.74, 6) is 0. The molecule has 0 aromatic rings. The summed E-state index contributed by atoms with van der Waals surface area (Å²) in [4.78, 5) is 0. The average Bonchev–Trinajstić information content (AvgIpc) is 1.39. The van der Waals surface area contributed by atoms with Crippen LogP contribution in [0.5, 0.6) is 0 Å². The van der Waals surface area contributed by atoms with Crippen molar-refractivity contribution in [1.82, 2.24) is 0 Å². The molecule has 8 heavy (non-hydrogen) atoms. The van der Waals surface area contributed by atoms with Crippen molar-refractivity contribution in [2.75, 3.05) is 0 Å². The number of rotatable bonds is 0. The minimum atomic E-state index is -1.91. The standard InChI is InChI=1S/BrO2.IO2.2Na/c2*2-1-3;;/q2*-1;2*+1. The smallest absolute Gasteiger partial charge is 0.599 e. The average molecular weight is 317 g/mol. The van der Waals surface area contributed by atoms with Crippen LogP contribution in [0.25, 0.3) is 0 Å². The van der Waals surface area contributed by atoms with Crippen LogP contribution >= 0.6 is 0 Å². The first-order valence-electron chi connectivity index (χ1n) is 0.617. The molecule has 0 bridgehead atoms. The molecular formula is BrINa2O4. The van der Waals surface area contributed by atoms with E-state index in [-0.39, 0.29) is 59.1 Å². The van der Waals surface area contributed by atoms with Crippen molar-refractivity contribution in [1.29, 1.82) is 0 Å². The summed E-state index contributed by atoms with van der Waals surface area (Å²) in [6.07, 6.45) is 0. The molecule has 0 aliphatic rings. The first-order valence-corrected chi connectivity index (χ1v) is 3.67. The molecule has 0 aliphatic carbocycles. The molecule has 0 saturated heterocycles. The van der Waals surface area contributed by atoms with Gasteiger partial charge in [-0.15, -0.1) is 0 Å². The Labute approximate surface area is 110 Å². The van der Waals surface area contributed by atoms with Gasteiger partial charge in [0.15, 0.2) is 37.6 Å². The normalized spacial score (nSPS) is 4.50. The first kappa shape index (κ1) is 22.5. The van der Waals surface area contributed by atoms with E-state index in [1.807, 2.05) is 0 Å². The van der Waals surface area contributed by atoms with E-state index >= 15 is 0 Å². The molecule has 0 rings (SSSR count).